The Labute approximate surface area is 161 Å². The zero-order valence-electron chi connectivity index (χ0n) is 16.4. The topological polar surface area (TPSA) is 49.4 Å². The van der Waals surface area contributed by atoms with E-state index in [2.05, 4.69) is 38.2 Å². The van der Waals surface area contributed by atoms with Crippen molar-refractivity contribution in [2.75, 3.05) is 18.4 Å². The summed E-state index contributed by atoms with van der Waals surface area (Å²) in [5, 5.41) is 3.06. The average Bonchev–Trinajstić information content (AvgIpc) is 3.01. The van der Waals surface area contributed by atoms with Crippen molar-refractivity contribution in [3.05, 3.63) is 65.7 Å². The van der Waals surface area contributed by atoms with E-state index in [1.165, 1.54) is 5.56 Å². The summed E-state index contributed by atoms with van der Waals surface area (Å²) in [5.74, 6) is -0.293. The van der Waals surface area contributed by atoms with Crippen LogP contribution in [0.15, 0.2) is 54.6 Å². The van der Waals surface area contributed by atoms with Gasteiger partial charge in [0.15, 0.2) is 0 Å². The van der Waals surface area contributed by atoms with Crippen LogP contribution in [0.4, 0.5) is 5.69 Å². The molecule has 1 unspecified atom stereocenters. The number of nitrogens with one attached hydrogen (secondary N) is 1. The van der Waals surface area contributed by atoms with E-state index < -0.39 is 0 Å². The third kappa shape index (κ3) is 4.76. The Morgan fingerprint density at radius 1 is 1.07 bits per heavy atom. The number of nitrogens with zero attached hydrogens (tertiary/aromatic N) is 1. The van der Waals surface area contributed by atoms with Crippen LogP contribution in [0.3, 0.4) is 0 Å². The van der Waals surface area contributed by atoms with Crippen LogP contribution >= 0.6 is 0 Å². The van der Waals surface area contributed by atoms with Gasteiger partial charge in [0.2, 0.25) is 11.8 Å². The highest BCUT2D eigenvalue weighted by atomic mass is 16.2. The van der Waals surface area contributed by atoms with E-state index in [4.69, 9.17) is 0 Å². The molecule has 1 aliphatic rings. The molecule has 27 heavy (non-hydrogen) atoms. The number of benzene rings is 2. The maximum atomic E-state index is 12.8. The van der Waals surface area contributed by atoms with Crippen molar-refractivity contribution in [3.63, 3.8) is 0 Å². The molecule has 2 amide bonds. The molecule has 4 heteroatoms. The van der Waals surface area contributed by atoms with E-state index in [9.17, 15) is 9.59 Å². The van der Waals surface area contributed by atoms with Crippen molar-refractivity contribution in [2.45, 2.75) is 39.0 Å². The van der Waals surface area contributed by atoms with Gasteiger partial charge in [-0.25, -0.2) is 0 Å². The number of hydrogen-bond donors (Lipinski definition) is 1. The Kier molecular flexibility index (Phi) is 5.64. The van der Waals surface area contributed by atoms with Gasteiger partial charge >= 0.3 is 0 Å². The summed E-state index contributed by atoms with van der Waals surface area (Å²) in [6, 6.07) is 18.0. The van der Waals surface area contributed by atoms with Gasteiger partial charge in [-0.2, -0.15) is 0 Å². The number of rotatable bonds is 5. The van der Waals surface area contributed by atoms with E-state index in [-0.39, 0.29) is 29.6 Å². The van der Waals surface area contributed by atoms with Gasteiger partial charge in [0.1, 0.15) is 0 Å². The summed E-state index contributed by atoms with van der Waals surface area (Å²) in [7, 11) is 0. The van der Waals surface area contributed by atoms with Crippen molar-refractivity contribution in [1.29, 1.82) is 0 Å². The van der Waals surface area contributed by atoms with E-state index in [1.54, 1.807) is 0 Å². The second-order valence-corrected chi connectivity index (χ2v) is 8.26. The van der Waals surface area contributed by atoms with Crippen LogP contribution in [-0.4, -0.2) is 29.8 Å². The first-order valence-electron chi connectivity index (χ1n) is 9.56. The number of likely N-dealkylation sites (tertiary alicyclic amines) is 1. The van der Waals surface area contributed by atoms with E-state index in [1.807, 2.05) is 47.4 Å². The normalized spacial score (nSPS) is 17.2. The number of amides is 2. The van der Waals surface area contributed by atoms with Crippen molar-refractivity contribution >= 4 is 17.5 Å². The Morgan fingerprint density at radius 3 is 2.44 bits per heavy atom. The van der Waals surface area contributed by atoms with E-state index >= 15 is 0 Å². The fourth-order valence-electron chi connectivity index (χ4n) is 3.55. The van der Waals surface area contributed by atoms with Crippen molar-refractivity contribution in [1.82, 2.24) is 4.90 Å². The molecule has 0 spiro atoms. The standard InChI is InChI=1S/C23H28N2O2/c1-23(2,3)19-11-7-8-12-20(19)24-22(27)18-15-21(26)25(16-18)14-13-17-9-5-4-6-10-17/h4-12,18H,13-16H2,1-3H3,(H,24,27). The van der Waals surface area contributed by atoms with Gasteiger partial charge in [-0.15, -0.1) is 0 Å². The van der Waals surface area contributed by atoms with Crippen LogP contribution in [0.1, 0.15) is 38.3 Å². The van der Waals surface area contributed by atoms with Crippen LogP contribution in [0, 0.1) is 5.92 Å². The van der Waals surface area contributed by atoms with Crippen LogP contribution in [0.5, 0.6) is 0 Å². The van der Waals surface area contributed by atoms with Gasteiger partial charge in [0, 0.05) is 25.2 Å². The molecule has 1 fully saturated rings. The smallest absolute Gasteiger partial charge is 0.229 e. The Hall–Kier alpha value is -2.62. The van der Waals surface area contributed by atoms with Crippen LogP contribution in [0.25, 0.3) is 0 Å². The Balaban J connectivity index is 1.61. The van der Waals surface area contributed by atoms with Crippen molar-refractivity contribution < 1.29 is 9.59 Å². The molecule has 1 heterocycles. The van der Waals surface area contributed by atoms with Gasteiger partial charge in [-0.1, -0.05) is 69.3 Å². The minimum absolute atomic E-state index is 0.0584. The molecule has 2 aromatic carbocycles. The van der Waals surface area contributed by atoms with Gasteiger partial charge in [0.05, 0.1) is 5.92 Å². The largest absolute Gasteiger partial charge is 0.342 e. The molecular weight excluding hydrogens is 336 g/mol. The summed E-state index contributed by atoms with van der Waals surface area (Å²) in [6.45, 7) is 7.54. The molecular formula is C23H28N2O2. The summed E-state index contributed by atoms with van der Waals surface area (Å²) < 4.78 is 0. The third-order valence-electron chi connectivity index (χ3n) is 5.09. The molecule has 0 aliphatic carbocycles. The van der Waals surface area contributed by atoms with Gasteiger partial charge in [0.25, 0.3) is 0 Å². The van der Waals surface area contributed by atoms with Crippen molar-refractivity contribution in [2.24, 2.45) is 5.92 Å². The van der Waals surface area contributed by atoms with E-state index in [0.29, 0.717) is 13.1 Å². The highest BCUT2D eigenvalue weighted by Gasteiger charge is 2.34. The fraction of sp³-hybridized carbons (Fsp3) is 0.391. The lowest BCUT2D eigenvalue weighted by Crippen LogP contribution is -2.30. The number of hydrogen-bond acceptors (Lipinski definition) is 2. The number of carbonyl (C=O) groups excluding carboxylic acids is 2. The highest BCUT2D eigenvalue weighted by Crippen LogP contribution is 2.30. The van der Waals surface area contributed by atoms with Crippen LogP contribution in [-0.2, 0) is 21.4 Å². The fourth-order valence-corrected chi connectivity index (χ4v) is 3.55. The average molecular weight is 364 g/mol. The maximum absolute atomic E-state index is 12.8. The number of anilines is 1. The lowest BCUT2D eigenvalue weighted by Gasteiger charge is -2.23. The Morgan fingerprint density at radius 2 is 1.74 bits per heavy atom. The summed E-state index contributed by atoms with van der Waals surface area (Å²) in [4.78, 5) is 26.9. The lowest BCUT2D eigenvalue weighted by molar-refractivity contribution is -0.128. The predicted octanol–water partition coefficient (Wildman–Crippen LogP) is 4.01. The Bertz CT molecular complexity index is 809. The molecule has 1 saturated heterocycles. The first-order chi connectivity index (χ1) is 12.8. The molecule has 3 rings (SSSR count). The molecule has 1 aliphatic heterocycles. The second-order valence-electron chi connectivity index (χ2n) is 8.26. The molecule has 0 saturated carbocycles. The zero-order chi connectivity index (χ0) is 19.4. The number of carbonyl (C=O) groups is 2. The minimum atomic E-state index is -0.290. The number of para-hydroxylation sites is 1. The van der Waals surface area contributed by atoms with Gasteiger partial charge in [-0.05, 0) is 29.0 Å². The van der Waals surface area contributed by atoms with Gasteiger partial charge in [-0.3, -0.25) is 9.59 Å². The molecule has 0 radical (unpaired) electrons. The third-order valence-corrected chi connectivity index (χ3v) is 5.09. The van der Waals surface area contributed by atoms with Crippen molar-refractivity contribution in [3.8, 4) is 0 Å². The molecule has 142 valence electrons. The first-order valence-corrected chi connectivity index (χ1v) is 9.56. The molecule has 1 atom stereocenters. The summed E-state index contributed by atoms with van der Waals surface area (Å²) >= 11 is 0. The van der Waals surface area contributed by atoms with Crippen LogP contribution < -0.4 is 5.32 Å². The zero-order valence-corrected chi connectivity index (χ0v) is 16.4. The molecule has 1 N–H and O–H groups in total. The minimum Gasteiger partial charge on any atom is -0.342 e. The summed E-state index contributed by atoms with van der Waals surface area (Å²) in [5.41, 5.74) is 3.09. The van der Waals surface area contributed by atoms with Crippen LogP contribution in [0.2, 0.25) is 0 Å². The maximum Gasteiger partial charge on any atom is 0.229 e. The predicted molar refractivity (Wildman–Crippen MR) is 109 cm³/mol. The quantitative estimate of drug-likeness (QED) is 0.871. The highest BCUT2D eigenvalue weighted by molar-refractivity contribution is 5.97. The SMILES string of the molecule is CC(C)(C)c1ccccc1NC(=O)C1CC(=O)N(CCc2ccccc2)C1. The van der Waals surface area contributed by atoms with Gasteiger partial charge < -0.3 is 10.2 Å². The first kappa shape index (κ1) is 19.2. The second kappa shape index (κ2) is 7.95. The summed E-state index contributed by atoms with van der Waals surface area (Å²) in [6.07, 6.45) is 1.10. The molecule has 2 aromatic rings. The molecule has 0 aromatic heterocycles. The molecule has 4 nitrogen and oxygen atoms in total. The lowest BCUT2D eigenvalue weighted by atomic mass is 9.85. The molecule has 0 bridgehead atoms. The van der Waals surface area contributed by atoms with E-state index in [0.717, 1.165) is 17.7 Å². The monoisotopic (exact) mass is 364 g/mol.